The zero-order chi connectivity index (χ0) is 13.0. The molecule has 1 aromatic heterocycles. The van der Waals surface area contributed by atoms with E-state index >= 15 is 0 Å². The van der Waals surface area contributed by atoms with E-state index in [0.717, 1.165) is 11.4 Å². The van der Waals surface area contributed by atoms with Crippen LogP contribution in [0.4, 0.5) is 23.0 Å². The summed E-state index contributed by atoms with van der Waals surface area (Å²) >= 11 is 0. The second-order valence-corrected chi connectivity index (χ2v) is 3.72. The maximum Gasteiger partial charge on any atom is 0.221 e. The Morgan fingerprint density at radius 1 is 1.22 bits per heavy atom. The highest BCUT2D eigenvalue weighted by Crippen LogP contribution is 2.19. The van der Waals surface area contributed by atoms with Gasteiger partial charge < -0.3 is 16.4 Å². The summed E-state index contributed by atoms with van der Waals surface area (Å²) in [5.41, 5.74) is 7.08. The topological polar surface area (TPSA) is 92.9 Å². The van der Waals surface area contributed by atoms with Crippen LogP contribution in [0.3, 0.4) is 0 Å². The van der Waals surface area contributed by atoms with Crippen molar-refractivity contribution >= 4 is 28.9 Å². The molecule has 0 aliphatic heterocycles. The van der Waals surface area contributed by atoms with Crippen molar-refractivity contribution in [2.75, 3.05) is 16.4 Å². The highest BCUT2D eigenvalue weighted by Gasteiger charge is 2.00. The second kappa shape index (κ2) is 5.13. The van der Waals surface area contributed by atoms with Crippen LogP contribution in [-0.2, 0) is 4.79 Å². The Labute approximate surface area is 104 Å². The molecule has 0 unspecified atom stereocenters. The smallest absolute Gasteiger partial charge is 0.221 e. The van der Waals surface area contributed by atoms with Gasteiger partial charge in [0.1, 0.15) is 18.0 Å². The third-order valence-corrected chi connectivity index (χ3v) is 2.14. The van der Waals surface area contributed by atoms with Gasteiger partial charge in [-0.3, -0.25) is 4.79 Å². The molecule has 18 heavy (non-hydrogen) atoms. The number of carbonyl (C=O) groups is 1. The number of nitrogens with one attached hydrogen (secondary N) is 2. The molecule has 4 N–H and O–H groups in total. The van der Waals surface area contributed by atoms with Crippen molar-refractivity contribution in [3.8, 4) is 0 Å². The van der Waals surface area contributed by atoms with Gasteiger partial charge in [-0.05, 0) is 18.2 Å². The molecule has 0 spiro atoms. The summed E-state index contributed by atoms with van der Waals surface area (Å²) in [7, 11) is 0. The van der Waals surface area contributed by atoms with Gasteiger partial charge in [0, 0.05) is 24.4 Å². The lowest BCUT2D eigenvalue weighted by Gasteiger charge is -2.08. The maximum atomic E-state index is 11.0. The van der Waals surface area contributed by atoms with E-state index in [1.54, 1.807) is 18.2 Å². The Balaban J connectivity index is 2.16. The molecule has 2 rings (SSSR count). The Kier molecular flexibility index (Phi) is 3.38. The molecule has 0 saturated carbocycles. The summed E-state index contributed by atoms with van der Waals surface area (Å²) in [5, 5.41) is 5.78. The molecule has 0 fully saturated rings. The first-order chi connectivity index (χ1) is 8.63. The van der Waals surface area contributed by atoms with Crippen LogP contribution in [0.5, 0.6) is 0 Å². The number of amides is 1. The minimum absolute atomic E-state index is 0.113. The van der Waals surface area contributed by atoms with Crippen LogP contribution in [0.2, 0.25) is 0 Å². The third-order valence-electron chi connectivity index (χ3n) is 2.14. The number of carbonyl (C=O) groups excluding carboxylic acids is 1. The molecule has 6 nitrogen and oxygen atoms in total. The van der Waals surface area contributed by atoms with Crippen LogP contribution in [0.15, 0.2) is 36.7 Å². The number of rotatable bonds is 3. The van der Waals surface area contributed by atoms with E-state index in [4.69, 9.17) is 5.73 Å². The van der Waals surface area contributed by atoms with Crippen molar-refractivity contribution in [1.82, 2.24) is 9.97 Å². The molecular weight excluding hydrogens is 230 g/mol. The molecule has 0 bridgehead atoms. The van der Waals surface area contributed by atoms with Gasteiger partial charge in [0.2, 0.25) is 5.91 Å². The highest BCUT2D eigenvalue weighted by atomic mass is 16.1. The number of hydrogen-bond acceptors (Lipinski definition) is 5. The number of benzene rings is 1. The zero-order valence-electron chi connectivity index (χ0n) is 9.84. The second-order valence-electron chi connectivity index (χ2n) is 3.72. The Bertz CT molecular complexity index is 570. The van der Waals surface area contributed by atoms with Crippen LogP contribution in [0, 0.1) is 0 Å². The molecule has 92 valence electrons. The molecule has 2 aromatic rings. The van der Waals surface area contributed by atoms with E-state index < -0.39 is 0 Å². The third kappa shape index (κ3) is 3.18. The highest BCUT2D eigenvalue weighted by molar-refractivity contribution is 5.89. The molecule has 0 atom stereocenters. The van der Waals surface area contributed by atoms with Crippen molar-refractivity contribution in [1.29, 1.82) is 0 Å². The fraction of sp³-hybridized carbons (Fsp3) is 0.0833. The Morgan fingerprint density at radius 2 is 2.00 bits per heavy atom. The molecule has 1 heterocycles. The van der Waals surface area contributed by atoms with Gasteiger partial charge >= 0.3 is 0 Å². The number of aromatic nitrogens is 2. The quantitative estimate of drug-likeness (QED) is 0.763. The average molecular weight is 243 g/mol. The first-order valence-electron chi connectivity index (χ1n) is 5.36. The molecule has 0 aliphatic carbocycles. The molecule has 1 aromatic carbocycles. The van der Waals surface area contributed by atoms with Crippen molar-refractivity contribution in [2.45, 2.75) is 6.92 Å². The SMILES string of the molecule is CC(=O)Nc1cccc(Nc2cc(N)ncn2)c1. The van der Waals surface area contributed by atoms with Crippen molar-refractivity contribution in [3.63, 3.8) is 0 Å². The van der Waals surface area contributed by atoms with E-state index in [0.29, 0.717) is 11.6 Å². The van der Waals surface area contributed by atoms with Gasteiger partial charge in [0.15, 0.2) is 0 Å². The predicted octanol–water partition coefficient (Wildman–Crippen LogP) is 1.76. The Morgan fingerprint density at radius 3 is 2.72 bits per heavy atom. The van der Waals surface area contributed by atoms with Crippen molar-refractivity contribution in [3.05, 3.63) is 36.7 Å². The fourth-order valence-corrected chi connectivity index (χ4v) is 1.47. The summed E-state index contributed by atoms with van der Waals surface area (Å²) in [4.78, 5) is 18.8. The fourth-order valence-electron chi connectivity index (χ4n) is 1.47. The van der Waals surface area contributed by atoms with E-state index in [-0.39, 0.29) is 5.91 Å². The molecular formula is C12H13N5O. The van der Waals surface area contributed by atoms with Crippen molar-refractivity contribution in [2.24, 2.45) is 0 Å². The lowest BCUT2D eigenvalue weighted by atomic mass is 10.2. The molecule has 6 heteroatoms. The standard InChI is InChI=1S/C12H13N5O/c1-8(18)16-9-3-2-4-10(5-9)17-12-6-11(13)14-7-15-12/h2-7H,1H3,(H,16,18)(H3,13,14,15,17). The number of hydrogen-bond donors (Lipinski definition) is 3. The summed E-state index contributed by atoms with van der Waals surface area (Å²) in [6.07, 6.45) is 1.38. The van der Waals surface area contributed by atoms with E-state index in [9.17, 15) is 4.79 Å². The normalized spacial score (nSPS) is 9.83. The van der Waals surface area contributed by atoms with Crippen LogP contribution >= 0.6 is 0 Å². The minimum atomic E-state index is -0.113. The number of nitrogens with two attached hydrogens (primary N) is 1. The zero-order valence-corrected chi connectivity index (χ0v) is 9.84. The van der Waals surface area contributed by atoms with E-state index in [2.05, 4.69) is 20.6 Å². The van der Waals surface area contributed by atoms with Gasteiger partial charge in [0.25, 0.3) is 0 Å². The first kappa shape index (κ1) is 11.8. The molecule has 1 amide bonds. The van der Waals surface area contributed by atoms with Crippen LogP contribution in [0.25, 0.3) is 0 Å². The van der Waals surface area contributed by atoms with Gasteiger partial charge in [-0.15, -0.1) is 0 Å². The van der Waals surface area contributed by atoms with Gasteiger partial charge in [-0.1, -0.05) is 6.07 Å². The molecule has 0 saturated heterocycles. The van der Waals surface area contributed by atoms with Gasteiger partial charge in [0.05, 0.1) is 0 Å². The summed E-state index contributed by atoms with van der Waals surface area (Å²) in [6, 6.07) is 8.94. The van der Waals surface area contributed by atoms with Crippen molar-refractivity contribution < 1.29 is 4.79 Å². The van der Waals surface area contributed by atoms with Crippen LogP contribution in [-0.4, -0.2) is 15.9 Å². The summed E-state index contributed by atoms with van der Waals surface area (Å²) in [6.45, 7) is 1.46. The lowest BCUT2D eigenvalue weighted by Crippen LogP contribution is -2.05. The van der Waals surface area contributed by atoms with Crippen LogP contribution < -0.4 is 16.4 Å². The first-order valence-corrected chi connectivity index (χ1v) is 5.36. The summed E-state index contributed by atoms with van der Waals surface area (Å²) in [5.74, 6) is 0.881. The maximum absolute atomic E-state index is 11.0. The number of nitrogens with zero attached hydrogens (tertiary/aromatic N) is 2. The Hall–Kier alpha value is -2.63. The van der Waals surface area contributed by atoms with Gasteiger partial charge in [-0.25, -0.2) is 9.97 Å². The lowest BCUT2D eigenvalue weighted by molar-refractivity contribution is -0.114. The summed E-state index contributed by atoms with van der Waals surface area (Å²) < 4.78 is 0. The predicted molar refractivity (Wildman–Crippen MR) is 70.5 cm³/mol. The largest absolute Gasteiger partial charge is 0.384 e. The van der Waals surface area contributed by atoms with E-state index in [1.165, 1.54) is 13.3 Å². The number of anilines is 4. The molecule has 0 radical (unpaired) electrons. The monoisotopic (exact) mass is 243 g/mol. The molecule has 0 aliphatic rings. The average Bonchev–Trinajstić information content (AvgIpc) is 2.28. The van der Waals surface area contributed by atoms with Crippen LogP contribution in [0.1, 0.15) is 6.92 Å². The van der Waals surface area contributed by atoms with E-state index in [1.807, 2.05) is 12.1 Å². The number of nitrogen functional groups attached to an aromatic ring is 1. The van der Waals surface area contributed by atoms with Gasteiger partial charge in [-0.2, -0.15) is 0 Å². The minimum Gasteiger partial charge on any atom is -0.384 e.